The monoisotopic (exact) mass is 557 g/mol. The molecule has 0 saturated carbocycles. The standard InChI is InChI=1S/C25H43N5O.HI/c1-4-26-25(27-19-24(18-21(2)3)30-14-16-31-17-15-30)28-23-10-12-29(13-11-23)20-22-8-6-5-7-9-22;/h5-9,21,23-24H,4,10-20H2,1-3H3,(H2,26,27,28);1H. The Morgan fingerprint density at radius 2 is 1.78 bits per heavy atom. The summed E-state index contributed by atoms with van der Waals surface area (Å²) in [6, 6.07) is 11.8. The van der Waals surface area contributed by atoms with Gasteiger partial charge in [0, 0.05) is 51.4 Å². The Hall–Kier alpha value is -0.900. The number of hydrogen-bond donors (Lipinski definition) is 2. The lowest BCUT2D eigenvalue weighted by atomic mass is 10.0. The maximum absolute atomic E-state index is 5.56. The van der Waals surface area contributed by atoms with Gasteiger partial charge in [0.25, 0.3) is 0 Å². The highest BCUT2D eigenvalue weighted by Crippen LogP contribution is 2.15. The van der Waals surface area contributed by atoms with Gasteiger partial charge in [0.2, 0.25) is 0 Å². The van der Waals surface area contributed by atoms with Crippen LogP contribution in [-0.4, -0.2) is 80.3 Å². The predicted octanol–water partition coefficient (Wildman–Crippen LogP) is 3.57. The van der Waals surface area contributed by atoms with Crippen molar-refractivity contribution >= 4 is 29.9 Å². The molecule has 1 atom stereocenters. The van der Waals surface area contributed by atoms with E-state index in [4.69, 9.17) is 9.73 Å². The number of hydrogen-bond acceptors (Lipinski definition) is 4. The fourth-order valence-corrected chi connectivity index (χ4v) is 4.61. The SMILES string of the molecule is CCNC(=NCC(CC(C)C)N1CCOCC1)NC1CCN(Cc2ccccc2)CC1.I. The molecule has 1 aromatic rings. The van der Waals surface area contributed by atoms with Gasteiger partial charge in [-0.3, -0.25) is 14.8 Å². The van der Waals surface area contributed by atoms with Crippen LogP contribution in [-0.2, 0) is 11.3 Å². The van der Waals surface area contributed by atoms with Gasteiger partial charge in [-0.25, -0.2) is 0 Å². The van der Waals surface area contributed by atoms with E-state index in [1.165, 1.54) is 12.0 Å². The molecule has 1 unspecified atom stereocenters. The Kier molecular flexibility index (Phi) is 12.9. The first-order valence-electron chi connectivity index (χ1n) is 12.3. The van der Waals surface area contributed by atoms with Gasteiger partial charge in [-0.2, -0.15) is 0 Å². The van der Waals surface area contributed by atoms with Crippen molar-refractivity contribution in [3.8, 4) is 0 Å². The summed E-state index contributed by atoms with van der Waals surface area (Å²) in [6.45, 7) is 15.6. The molecule has 2 aliphatic heterocycles. The summed E-state index contributed by atoms with van der Waals surface area (Å²) in [4.78, 5) is 10.2. The van der Waals surface area contributed by atoms with Gasteiger partial charge in [-0.05, 0) is 37.7 Å². The van der Waals surface area contributed by atoms with Crippen molar-refractivity contribution in [2.75, 3.05) is 52.5 Å². The lowest BCUT2D eigenvalue weighted by Crippen LogP contribution is -2.49. The average Bonchev–Trinajstić information content (AvgIpc) is 2.79. The highest BCUT2D eigenvalue weighted by Gasteiger charge is 2.23. The van der Waals surface area contributed by atoms with Gasteiger partial charge in [0.1, 0.15) is 0 Å². The highest BCUT2D eigenvalue weighted by molar-refractivity contribution is 14.0. The molecule has 0 bridgehead atoms. The van der Waals surface area contributed by atoms with E-state index < -0.39 is 0 Å². The van der Waals surface area contributed by atoms with Crippen molar-refractivity contribution in [3.63, 3.8) is 0 Å². The largest absolute Gasteiger partial charge is 0.379 e. The lowest BCUT2D eigenvalue weighted by molar-refractivity contribution is 0.0143. The maximum atomic E-state index is 5.56. The smallest absolute Gasteiger partial charge is 0.191 e. The molecule has 2 N–H and O–H groups in total. The van der Waals surface area contributed by atoms with Gasteiger partial charge >= 0.3 is 0 Å². The van der Waals surface area contributed by atoms with E-state index in [2.05, 4.69) is 71.5 Å². The predicted molar refractivity (Wildman–Crippen MR) is 145 cm³/mol. The van der Waals surface area contributed by atoms with E-state index in [0.29, 0.717) is 18.0 Å². The van der Waals surface area contributed by atoms with E-state index in [-0.39, 0.29) is 24.0 Å². The second-order valence-corrected chi connectivity index (χ2v) is 9.33. The Morgan fingerprint density at radius 3 is 2.41 bits per heavy atom. The zero-order chi connectivity index (χ0) is 21.9. The zero-order valence-electron chi connectivity index (χ0n) is 20.3. The van der Waals surface area contributed by atoms with E-state index >= 15 is 0 Å². The summed E-state index contributed by atoms with van der Waals surface area (Å²) in [5, 5.41) is 7.20. The average molecular weight is 558 g/mol. The molecule has 6 nitrogen and oxygen atoms in total. The Bertz CT molecular complexity index is 643. The number of likely N-dealkylation sites (tertiary alicyclic amines) is 1. The molecule has 1 aromatic carbocycles. The Balaban J connectivity index is 0.00000363. The second-order valence-electron chi connectivity index (χ2n) is 9.33. The third-order valence-corrected chi connectivity index (χ3v) is 6.29. The van der Waals surface area contributed by atoms with Crippen LogP contribution in [0.25, 0.3) is 0 Å². The van der Waals surface area contributed by atoms with E-state index in [9.17, 15) is 0 Å². The summed E-state index contributed by atoms with van der Waals surface area (Å²) < 4.78 is 5.56. The van der Waals surface area contributed by atoms with Crippen molar-refractivity contribution in [2.45, 2.75) is 58.7 Å². The van der Waals surface area contributed by atoms with Crippen molar-refractivity contribution in [1.82, 2.24) is 20.4 Å². The topological polar surface area (TPSA) is 52.1 Å². The third kappa shape index (κ3) is 9.53. The first kappa shape index (κ1) is 27.3. The van der Waals surface area contributed by atoms with Gasteiger partial charge < -0.3 is 15.4 Å². The second kappa shape index (κ2) is 15.1. The molecule has 0 amide bonds. The van der Waals surface area contributed by atoms with Crippen molar-refractivity contribution in [1.29, 1.82) is 0 Å². The van der Waals surface area contributed by atoms with Crippen LogP contribution in [0.15, 0.2) is 35.3 Å². The van der Waals surface area contributed by atoms with Crippen LogP contribution in [0, 0.1) is 5.92 Å². The number of ether oxygens (including phenoxy) is 1. The molecule has 0 aromatic heterocycles. The third-order valence-electron chi connectivity index (χ3n) is 6.29. The number of halogens is 1. The number of rotatable bonds is 9. The Labute approximate surface area is 212 Å². The zero-order valence-corrected chi connectivity index (χ0v) is 22.6. The van der Waals surface area contributed by atoms with Gasteiger partial charge in [0.05, 0.1) is 19.8 Å². The number of morpholine rings is 1. The van der Waals surface area contributed by atoms with Crippen LogP contribution in [0.1, 0.15) is 45.6 Å². The molecule has 2 heterocycles. The molecule has 0 aliphatic carbocycles. The van der Waals surface area contributed by atoms with Crippen molar-refractivity contribution in [3.05, 3.63) is 35.9 Å². The number of aliphatic imine (C=N–C) groups is 1. The molecular formula is C25H44IN5O. The molecule has 2 fully saturated rings. The quantitative estimate of drug-likeness (QED) is 0.276. The van der Waals surface area contributed by atoms with Crippen LogP contribution in [0.5, 0.6) is 0 Å². The highest BCUT2D eigenvalue weighted by atomic mass is 127. The van der Waals surface area contributed by atoms with E-state index in [0.717, 1.165) is 77.8 Å². The van der Waals surface area contributed by atoms with Gasteiger partial charge in [-0.1, -0.05) is 44.2 Å². The molecule has 3 rings (SSSR count). The Morgan fingerprint density at radius 1 is 1.09 bits per heavy atom. The fourth-order valence-electron chi connectivity index (χ4n) is 4.61. The summed E-state index contributed by atoms with van der Waals surface area (Å²) in [7, 11) is 0. The lowest BCUT2D eigenvalue weighted by Gasteiger charge is -2.35. The maximum Gasteiger partial charge on any atom is 0.191 e. The minimum atomic E-state index is 0. The summed E-state index contributed by atoms with van der Waals surface area (Å²) in [5.41, 5.74) is 1.41. The molecule has 32 heavy (non-hydrogen) atoms. The molecular weight excluding hydrogens is 513 g/mol. The number of benzene rings is 1. The van der Waals surface area contributed by atoms with Crippen LogP contribution in [0.3, 0.4) is 0 Å². The van der Waals surface area contributed by atoms with Gasteiger partial charge in [0.15, 0.2) is 5.96 Å². The number of piperidine rings is 1. The fraction of sp³-hybridized carbons (Fsp3) is 0.720. The molecule has 0 spiro atoms. The number of nitrogens with zero attached hydrogens (tertiary/aromatic N) is 3. The molecule has 2 aliphatic rings. The molecule has 182 valence electrons. The first-order chi connectivity index (χ1) is 15.1. The van der Waals surface area contributed by atoms with Crippen LogP contribution in [0.4, 0.5) is 0 Å². The van der Waals surface area contributed by atoms with Crippen molar-refractivity contribution in [2.24, 2.45) is 10.9 Å². The minimum absolute atomic E-state index is 0. The molecule has 7 heteroatoms. The van der Waals surface area contributed by atoms with Crippen molar-refractivity contribution < 1.29 is 4.74 Å². The van der Waals surface area contributed by atoms with Crippen LogP contribution in [0.2, 0.25) is 0 Å². The summed E-state index contributed by atoms with van der Waals surface area (Å²) >= 11 is 0. The van der Waals surface area contributed by atoms with Gasteiger partial charge in [-0.15, -0.1) is 24.0 Å². The molecule has 0 radical (unpaired) electrons. The minimum Gasteiger partial charge on any atom is -0.379 e. The molecule has 2 saturated heterocycles. The van der Waals surface area contributed by atoms with Crippen LogP contribution >= 0.6 is 24.0 Å². The first-order valence-corrected chi connectivity index (χ1v) is 12.3. The summed E-state index contributed by atoms with van der Waals surface area (Å²) in [6.07, 6.45) is 3.51. The number of guanidine groups is 1. The normalized spacial score (nSPS) is 20.1. The van der Waals surface area contributed by atoms with Crippen LogP contribution < -0.4 is 10.6 Å². The number of nitrogens with one attached hydrogen (secondary N) is 2. The van der Waals surface area contributed by atoms with E-state index in [1.54, 1.807) is 0 Å². The summed E-state index contributed by atoms with van der Waals surface area (Å²) in [5.74, 6) is 1.65. The van der Waals surface area contributed by atoms with E-state index in [1.807, 2.05) is 0 Å².